The number of rotatable bonds is 35. The highest BCUT2D eigenvalue weighted by atomic mass is 31.2. The van der Waals surface area contributed by atoms with Crippen molar-refractivity contribution in [3.63, 3.8) is 0 Å². The molecule has 0 saturated heterocycles. The Labute approximate surface area is 287 Å². The highest BCUT2D eigenvalue weighted by Crippen LogP contribution is 2.43. The Hall–Kier alpha value is -1.51. The lowest BCUT2D eigenvalue weighted by atomic mass is 10.1. The molecule has 2 atom stereocenters. The number of esters is 2. The summed E-state index contributed by atoms with van der Waals surface area (Å²) >= 11 is 0. The fraction of sp³-hybridized carbons (Fsp3) is 0.838. The summed E-state index contributed by atoms with van der Waals surface area (Å²) in [6.07, 6.45) is 33.5. The predicted molar refractivity (Wildman–Crippen MR) is 192 cm³/mol. The Morgan fingerprint density at radius 3 is 1.66 bits per heavy atom. The molecule has 47 heavy (non-hydrogen) atoms. The molecule has 0 radical (unpaired) electrons. The van der Waals surface area contributed by atoms with E-state index in [1.54, 1.807) is 0 Å². The smallest absolute Gasteiger partial charge is 0.462 e. The second kappa shape index (κ2) is 34.4. The van der Waals surface area contributed by atoms with Crippen molar-refractivity contribution < 1.29 is 37.6 Å². The number of phosphoric ester groups is 1. The number of allylic oxidation sites excluding steroid dienone is 4. The lowest BCUT2D eigenvalue weighted by Gasteiger charge is -2.19. The molecule has 0 aliphatic carbocycles. The molecule has 0 rings (SSSR count). The largest absolute Gasteiger partial charge is 0.472 e. The van der Waals surface area contributed by atoms with Gasteiger partial charge in [-0.2, -0.15) is 0 Å². The molecule has 0 aliphatic rings. The van der Waals surface area contributed by atoms with Crippen LogP contribution in [0.3, 0.4) is 0 Å². The van der Waals surface area contributed by atoms with E-state index in [4.69, 9.17) is 24.3 Å². The van der Waals surface area contributed by atoms with E-state index < -0.39 is 26.5 Å². The second-order valence-electron chi connectivity index (χ2n) is 12.4. The van der Waals surface area contributed by atoms with E-state index in [1.807, 2.05) is 0 Å². The van der Waals surface area contributed by atoms with Gasteiger partial charge in [0.05, 0.1) is 13.2 Å². The quantitative estimate of drug-likeness (QED) is 0.0289. The first-order valence-electron chi connectivity index (χ1n) is 18.8. The Kier molecular flexibility index (Phi) is 33.3. The number of unbranched alkanes of at least 4 members (excludes halogenated alkanes) is 18. The Morgan fingerprint density at radius 2 is 1.11 bits per heavy atom. The van der Waals surface area contributed by atoms with Crippen LogP contribution in [0.25, 0.3) is 0 Å². The molecule has 0 spiro atoms. The van der Waals surface area contributed by atoms with Gasteiger partial charge in [0, 0.05) is 19.4 Å². The highest BCUT2D eigenvalue weighted by Gasteiger charge is 2.25. The van der Waals surface area contributed by atoms with Crippen molar-refractivity contribution in [1.29, 1.82) is 0 Å². The van der Waals surface area contributed by atoms with E-state index in [1.165, 1.54) is 83.5 Å². The first-order chi connectivity index (χ1) is 22.8. The molecule has 0 aromatic heterocycles. The van der Waals surface area contributed by atoms with Crippen molar-refractivity contribution in [2.24, 2.45) is 5.73 Å². The molecule has 0 bridgehead atoms. The van der Waals surface area contributed by atoms with Gasteiger partial charge < -0.3 is 20.1 Å². The summed E-state index contributed by atoms with van der Waals surface area (Å²) in [5.41, 5.74) is 5.32. The molecule has 0 amide bonds. The van der Waals surface area contributed by atoms with Gasteiger partial charge in [0.25, 0.3) is 0 Å². The predicted octanol–water partition coefficient (Wildman–Crippen LogP) is 10.0. The molecule has 3 N–H and O–H groups in total. The average Bonchev–Trinajstić information content (AvgIpc) is 3.05. The van der Waals surface area contributed by atoms with Gasteiger partial charge in [0.1, 0.15) is 6.61 Å². The number of hydrogen-bond acceptors (Lipinski definition) is 8. The molecule has 0 aromatic carbocycles. The normalized spacial score (nSPS) is 13.7. The summed E-state index contributed by atoms with van der Waals surface area (Å²) in [7, 11) is -4.37. The van der Waals surface area contributed by atoms with Crippen LogP contribution in [-0.2, 0) is 32.7 Å². The van der Waals surface area contributed by atoms with Crippen molar-refractivity contribution in [3.8, 4) is 0 Å². The third-order valence-corrected chi connectivity index (χ3v) is 8.82. The number of phosphoric acid groups is 1. The molecule has 9 nitrogen and oxygen atoms in total. The van der Waals surface area contributed by atoms with Gasteiger partial charge in [-0.15, -0.1) is 0 Å². The van der Waals surface area contributed by atoms with Crippen molar-refractivity contribution >= 4 is 19.8 Å². The molecule has 0 aliphatic heterocycles. The van der Waals surface area contributed by atoms with E-state index in [0.29, 0.717) is 6.42 Å². The number of carbonyl (C=O) groups is 2. The maximum atomic E-state index is 12.5. The topological polar surface area (TPSA) is 134 Å². The molecule has 0 fully saturated rings. The Balaban J connectivity index is 4.20. The summed E-state index contributed by atoms with van der Waals surface area (Å²) in [5.74, 6) is -0.839. The fourth-order valence-electron chi connectivity index (χ4n) is 5.02. The number of carbonyl (C=O) groups excluding carboxylic acids is 2. The third-order valence-electron chi connectivity index (χ3n) is 7.84. The number of hydrogen-bond donors (Lipinski definition) is 2. The maximum Gasteiger partial charge on any atom is 0.472 e. The van der Waals surface area contributed by atoms with Crippen LogP contribution < -0.4 is 5.73 Å². The van der Waals surface area contributed by atoms with E-state index in [0.717, 1.165) is 51.4 Å². The minimum absolute atomic E-state index is 0.0531. The van der Waals surface area contributed by atoms with E-state index >= 15 is 0 Å². The van der Waals surface area contributed by atoms with Crippen molar-refractivity contribution in [1.82, 2.24) is 0 Å². The van der Waals surface area contributed by atoms with E-state index in [-0.39, 0.29) is 38.6 Å². The van der Waals surface area contributed by atoms with Gasteiger partial charge >= 0.3 is 19.8 Å². The maximum absolute atomic E-state index is 12.5. The number of nitrogens with two attached hydrogens (primary N) is 1. The van der Waals surface area contributed by atoms with E-state index in [9.17, 15) is 19.0 Å². The van der Waals surface area contributed by atoms with Gasteiger partial charge in [-0.1, -0.05) is 134 Å². The second-order valence-corrected chi connectivity index (χ2v) is 13.9. The molecule has 0 heterocycles. The number of ether oxygens (including phenoxy) is 2. The van der Waals surface area contributed by atoms with Gasteiger partial charge in [-0.25, -0.2) is 4.57 Å². The summed E-state index contributed by atoms with van der Waals surface area (Å²) in [4.78, 5) is 34.6. The molecular formula is C37H70NO8P. The molecule has 276 valence electrons. The lowest BCUT2D eigenvalue weighted by molar-refractivity contribution is -0.161. The minimum atomic E-state index is -4.37. The van der Waals surface area contributed by atoms with Crippen molar-refractivity contribution in [2.45, 2.75) is 174 Å². The van der Waals surface area contributed by atoms with Crippen LogP contribution in [0.4, 0.5) is 0 Å². The Morgan fingerprint density at radius 1 is 0.638 bits per heavy atom. The van der Waals surface area contributed by atoms with Gasteiger partial charge in [0.2, 0.25) is 0 Å². The zero-order valence-corrected chi connectivity index (χ0v) is 30.9. The van der Waals surface area contributed by atoms with Gasteiger partial charge in [-0.3, -0.25) is 18.6 Å². The molecule has 10 heteroatoms. The van der Waals surface area contributed by atoms with Crippen molar-refractivity contribution in [3.05, 3.63) is 24.3 Å². The third kappa shape index (κ3) is 34.2. The SMILES string of the molecule is CCCCC/C=C\C/C=C\CCCCCCCCCC(=O)OC(COC(=O)CCCCCCCCCCC)COP(=O)(O)OCCN. The first kappa shape index (κ1) is 45.5. The van der Waals surface area contributed by atoms with E-state index in [2.05, 4.69) is 38.2 Å². The monoisotopic (exact) mass is 687 g/mol. The van der Waals surface area contributed by atoms with Crippen LogP contribution in [0.1, 0.15) is 168 Å². The van der Waals surface area contributed by atoms with Crippen molar-refractivity contribution in [2.75, 3.05) is 26.4 Å². The molecule has 0 saturated carbocycles. The van der Waals surface area contributed by atoms with Crippen LogP contribution >= 0.6 is 7.82 Å². The summed E-state index contributed by atoms with van der Waals surface area (Å²) in [6, 6.07) is 0. The lowest BCUT2D eigenvalue weighted by Crippen LogP contribution is -2.29. The molecule has 2 unspecified atom stereocenters. The zero-order valence-electron chi connectivity index (χ0n) is 30.0. The van der Waals surface area contributed by atoms with Crippen LogP contribution in [-0.4, -0.2) is 49.3 Å². The fourth-order valence-corrected chi connectivity index (χ4v) is 5.78. The van der Waals surface area contributed by atoms with Crippen LogP contribution in [0, 0.1) is 0 Å². The van der Waals surface area contributed by atoms with Crippen LogP contribution in [0.2, 0.25) is 0 Å². The highest BCUT2D eigenvalue weighted by molar-refractivity contribution is 7.47. The zero-order chi connectivity index (χ0) is 34.7. The van der Waals surface area contributed by atoms with Crippen LogP contribution in [0.5, 0.6) is 0 Å². The van der Waals surface area contributed by atoms with Crippen LogP contribution in [0.15, 0.2) is 24.3 Å². The standard InChI is InChI=1S/C37H70NO8P/c1-3-5-7-9-11-13-14-15-16-17-18-19-20-22-24-26-28-30-37(40)46-35(34-45-47(41,42)44-32-31-38)33-43-36(39)29-27-25-23-21-12-10-8-6-4-2/h11,13,15-16,35H,3-10,12,14,17-34,38H2,1-2H3,(H,41,42)/b13-11-,16-15-. The Bertz CT molecular complexity index is 835. The van der Waals surface area contributed by atoms with Gasteiger partial charge in [-0.05, 0) is 44.9 Å². The molecule has 0 aromatic rings. The first-order valence-corrected chi connectivity index (χ1v) is 20.3. The summed E-state index contributed by atoms with van der Waals surface area (Å²) < 4.78 is 32.6. The van der Waals surface area contributed by atoms with Gasteiger partial charge in [0.15, 0.2) is 6.10 Å². The minimum Gasteiger partial charge on any atom is -0.462 e. The summed E-state index contributed by atoms with van der Waals surface area (Å²) in [5, 5.41) is 0. The average molecular weight is 688 g/mol. The molecular weight excluding hydrogens is 617 g/mol. The summed E-state index contributed by atoms with van der Waals surface area (Å²) in [6.45, 7) is 3.66.